The van der Waals surface area contributed by atoms with Crippen LogP contribution in [-0.2, 0) is 9.47 Å². The fourth-order valence-corrected chi connectivity index (χ4v) is 3.18. The van der Waals surface area contributed by atoms with Crippen LogP contribution in [0.25, 0.3) is 0 Å². The van der Waals surface area contributed by atoms with Gasteiger partial charge in [-0.05, 0) is 31.0 Å². The van der Waals surface area contributed by atoms with Crippen molar-refractivity contribution in [2.45, 2.75) is 19.1 Å². The van der Waals surface area contributed by atoms with Crippen LogP contribution in [0.15, 0.2) is 18.2 Å². The quantitative estimate of drug-likeness (QED) is 0.848. The highest BCUT2D eigenvalue weighted by atomic mass is 16.7. The number of likely N-dealkylation sites (tertiary alicyclic amines) is 1. The van der Waals surface area contributed by atoms with Gasteiger partial charge in [0.05, 0.1) is 33.0 Å². The Balaban J connectivity index is 1.67. The number of methoxy groups -OCH3 is 2. The zero-order valence-corrected chi connectivity index (χ0v) is 13.6. The summed E-state index contributed by atoms with van der Waals surface area (Å²) in [5, 5.41) is 0. The second kappa shape index (κ2) is 7.19. The molecule has 23 heavy (non-hydrogen) atoms. The molecule has 3 rings (SSSR count). The molecule has 2 aliphatic rings. The van der Waals surface area contributed by atoms with E-state index in [1.807, 2.05) is 4.90 Å². The molecule has 0 bridgehead atoms. The molecule has 2 aliphatic heterocycles. The Hall–Kier alpha value is -1.79. The fourth-order valence-electron chi connectivity index (χ4n) is 3.18. The van der Waals surface area contributed by atoms with Gasteiger partial charge in [-0.3, -0.25) is 4.79 Å². The summed E-state index contributed by atoms with van der Waals surface area (Å²) in [5.41, 5.74) is 0.540. The molecule has 0 spiro atoms. The standard InChI is InChI=1S/C17H23NO5/c1-20-13-3-4-15(21-2)14(11-13)16(19)18-7-5-12(6-8-18)17-22-9-10-23-17/h3-4,11-12,17H,5-10H2,1-2H3. The smallest absolute Gasteiger partial charge is 0.257 e. The van der Waals surface area contributed by atoms with Crippen molar-refractivity contribution in [2.75, 3.05) is 40.5 Å². The maximum atomic E-state index is 12.8. The molecule has 2 heterocycles. The number of rotatable bonds is 4. The molecule has 0 radical (unpaired) electrons. The lowest BCUT2D eigenvalue weighted by molar-refractivity contribution is -0.0956. The Morgan fingerprint density at radius 2 is 1.83 bits per heavy atom. The van der Waals surface area contributed by atoms with E-state index in [0.717, 1.165) is 12.8 Å². The van der Waals surface area contributed by atoms with Crippen LogP contribution in [0.3, 0.4) is 0 Å². The number of nitrogens with zero attached hydrogens (tertiary/aromatic N) is 1. The van der Waals surface area contributed by atoms with E-state index in [9.17, 15) is 4.79 Å². The Morgan fingerprint density at radius 1 is 1.13 bits per heavy atom. The van der Waals surface area contributed by atoms with Crippen molar-refractivity contribution in [1.82, 2.24) is 4.90 Å². The van der Waals surface area contributed by atoms with Gasteiger partial charge in [-0.25, -0.2) is 0 Å². The van der Waals surface area contributed by atoms with Crippen LogP contribution in [0.5, 0.6) is 11.5 Å². The highest BCUT2D eigenvalue weighted by Gasteiger charge is 2.32. The summed E-state index contributed by atoms with van der Waals surface area (Å²) in [6.07, 6.45) is 1.68. The molecule has 0 aliphatic carbocycles. The highest BCUT2D eigenvalue weighted by molar-refractivity contribution is 5.97. The zero-order valence-electron chi connectivity index (χ0n) is 13.6. The van der Waals surface area contributed by atoms with E-state index < -0.39 is 0 Å². The van der Waals surface area contributed by atoms with E-state index in [1.165, 1.54) is 0 Å². The predicted molar refractivity (Wildman–Crippen MR) is 83.9 cm³/mol. The fraction of sp³-hybridized carbons (Fsp3) is 0.588. The zero-order chi connectivity index (χ0) is 16.2. The second-order valence-corrected chi connectivity index (χ2v) is 5.81. The van der Waals surface area contributed by atoms with Crippen LogP contribution < -0.4 is 9.47 Å². The maximum Gasteiger partial charge on any atom is 0.257 e. The molecule has 2 fully saturated rings. The molecular formula is C17H23NO5. The monoisotopic (exact) mass is 321 g/mol. The third-order valence-corrected chi connectivity index (χ3v) is 4.50. The summed E-state index contributed by atoms with van der Waals surface area (Å²) >= 11 is 0. The van der Waals surface area contributed by atoms with Crippen LogP contribution in [0, 0.1) is 5.92 Å². The third-order valence-electron chi connectivity index (χ3n) is 4.50. The minimum Gasteiger partial charge on any atom is -0.497 e. The number of ether oxygens (including phenoxy) is 4. The first-order valence-corrected chi connectivity index (χ1v) is 7.97. The number of carbonyl (C=O) groups is 1. The van der Waals surface area contributed by atoms with E-state index >= 15 is 0 Å². The molecule has 126 valence electrons. The molecule has 0 atom stereocenters. The molecule has 6 nitrogen and oxygen atoms in total. The molecule has 1 amide bonds. The average Bonchev–Trinajstić information content (AvgIpc) is 3.15. The maximum absolute atomic E-state index is 12.8. The first kappa shape index (κ1) is 16.1. The lowest BCUT2D eigenvalue weighted by Gasteiger charge is -2.34. The van der Waals surface area contributed by atoms with Crippen LogP contribution in [0.1, 0.15) is 23.2 Å². The van der Waals surface area contributed by atoms with Gasteiger partial charge < -0.3 is 23.8 Å². The lowest BCUT2D eigenvalue weighted by atomic mass is 9.95. The normalized spacial score (nSPS) is 19.8. The first-order chi connectivity index (χ1) is 11.2. The predicted octanol–water partition coefficient (Wildman–Crippen LogP) is 1.93. The van der Waals surface area contributed by atoms with E-state index in [-0.39, 0.29) is 12.2 Å². The van der Waals surface area contributed by atoms with E-state index in [4.69, 9.17) is 18.9 Å². The second-order valence-electron chi connectivity index (χ2n) is 5.81. The van der Waals surface area contributed by atoms with Crippen LogP contribution >= 0.6 is 0 Å². The van der Waals surface area contributed by atoms with Gasteiger partial charge >= 0.3 is 0 Å². The minimum absolute atomic E-state index is 0.0209. The number of hydrogen-bond donors (Lipinski definition) is 0. The van der Waals surface area contributed by atoms with Crippen molar-refractivity contribution in [1.29, 1.82) is 0 Å². The van der Waals surface area contributed by atoms with Crippen LogP contribution in [-0.4, -0.2) is 57.6 Å². The van der Waals surface area contributed by atoms with Gasteiger partial charge in [-0.2, -0.15) is 0 Å². The Labute approximate surface area is 136 Å². The van der Waals surface area contributed by atoms with Gasteiger partial charge in [0.15, 0.2) is 6.29 Å². The van der Waals surface area contributed by atoms with Gasteiger partial charge in [-0.1, -0.05) is 0 Å². The SMILES string of the molecule is COc1ccc(OC)c(C(=O)N2CCC(C3OCCO3)CC2)c1. The number of carbonyl (C=O) groups excluding carboxylic acids is 1. The summed E-state index contributed by atoms with van der Waals surface area (Å²) in [5.74, 6) is 1.57. The van der Waals surface area contributed by atoms with Crippen molar-refractivity contribution in [3.8, 4) is 11.5 Å². The summed E-state index contributed by atoms with van der Waals surface area (Å²) in [4.78, 5) is 14.7. The minimum atomic E-state index is -0.0985. The third kappa shape index (κ3) is 3.43. The van der Waals surface area contributed by atoms with Gasteiger partial charge in [0.25, 0.3) is 5.91 Å². The van der Waals surface area contributed by atoms with Gasteiger partial charge in [-0.15, -0.1) is 0 Å². The van der Waals surface area contributed by atoms with Crippen molar-refractivity contribution < 1.29 is 23.7 Å². The van der Waals surface area contributed by atoms with E-state index in [2.05, 4.69) is 0 Å². The molecule has 6 heteroatoms. The molecule has 0 saturated carbocycles. The van der Waals surface area contributed by atoms with E-state index in [1.54, 1.807) is 32.4 Å². The van der Waals surface area contributed by atoms with Gasteiger partial charge in [0.2, 0.25) is 0 Å². The van der Waals surface area contributed by atoms with Crippen molar-refractivity contribution in [3.63, 3.8) is 0 Å². The first-order valence-electron chi connectivity index (χ1n) is 7.97. The van der Waals surface area contributed by atoms with Crippen LogP contribution in [0.4, 0.5) is 0 Å². The number of benzene rings is 1. The molecule has 0 aromatic heterocycles. The Bertz CT molecular complexity index is 548. The number of piperidine rings is 1. The topological polar surface area (TPSA) is 57.2 Å². The van der Waals surface area contributed by atoms with Crippen molar-refractivity contribution in [2.24, 2.45) is 5.92 Å². The highest BCUT2D eigenvalue weighted by Crippen LogP contribution is 2.29. The summed E-state index contributed by atoms with van der Waals surface area (Å²) < 4.78 is 21.7. The lowest BCUT2D eigenvalue weighted by Crippen LogP contribution is -2.41. The Kier molecular flexibility index (Phi) is 5.03. The van der Waals surface area contributed by atoms with Crippen LogP contribution in [0.2, 0.25) is 0 Å². The summed E-state index contributed by atoms with van der Waals surface area (Å²) in [6, 6.07) is 5.28. The van der Waals surface area contributed by atoms with Gasteiger partial charge in [0.1, 0.15) is 11.5 Å². The largest absolute Gasteiger partial charge is 0.497 e. The van der Waals surface area contributed by atoms with Gasteiger partial charge in [0, 0.05) is 19.0 Å². The molecule has 2 saturated heterocycles. The molecule has 0 N–H and O–H groups in total. The molecule has 0 unspecified atom stereocenters. The van der Waals surface area contributed by atoms with Crippen molar-refractivity contribution >= 4 is 5.91 Å². The molecule has 1 aromatic carbocycles. The average molecular weight is 321 g/mol. The number of amides is 1. The van der Waals surface area contributed by atoms with E-state index in [0.29, 0.717) is 49.3 Å². The van der Waals surface area contributed by atoms with Crippen molar-refractivity contribution in [3.05, 3.63) is 23.8 Å². The molecular weight excluding hydrogens is 298 g/mol. The molecule has 1 aromatic rings. The summed E-state index contributed by atoms with van der Waals surface area (Å²) in [7, 11) is 3.16. The Morgan fingerprint density at radius 3 is 2.43 bits per heavy atom. The summed E-state index contributed by atoms with van der Waals surface area (Å²) in [6.45, 7) is 2.75. The number of hydrogen-bond acceptors (Lipinski definition) is 5.